The topological polar surface area (TPSA) is 78.5 Å². The van der Waals surface area contributed by atoms with Gasteiger partial charge in [0, 0.05) is 23.5 Å². The van der Waals surface area contributed by atoms with Gasteiger partial charge in [0.05, 0.1) is 4.90 Å². The third-order valence-corrected chi connectivity index (χ3v) is 7.62. The maximum atomic E-state index is 12.6. The van der Waals surface area contributed by atoms with Crippen molar-refractivity contribution in [2.24, 2.45) is 5.92 Å². The molecule has 4 rings (SSSR count). The van der Waals surface area contributed by atoms with E-state index in [1.54, 1.807) is 24.3 Å². The summed E-state index contributed by atoms with van der Waals surface area (Å²) in [5.41, 5.74) is 3.84. The van der Waals surface area contributed by atoms with E-state index in [2.05, 4.69) is 21.9 Å². The van der Waals surface area contributed by atoms with Crippen LogP contribution in [0.15, 0.2) is 77.7 Å². The van der Waals surface area contributed by atoms with Gasteiger partial charge in [-0.05, 0) is 92.9 Å². The maximum Gasteiger partial charge on any atom is 0.261 e. The minimum atomic E-state index is -3.71. The fraction of sp³-hybridized carbons (Fsp3) is 0.296. The fourth-order valence-electron chi connectivity index (χ4n) is 4.00. The molecule has 1 amide bonds. The molecule has 34 heavy (non-hydrogen) atoms. The summed E-state index contributed by atoms with van der Waals surface area (Å²) in [7, 11) is -3.71. The second-order valence-corrected chi connectivity index (χ2v) is 10.8. The van der Waals surface area contributed by atoms with E-state index in [0.717, 1.165) is 31.1 Å². The standard InChI is InChI=1S/C27H31N3O3S/c1-20-3-9-25(10-4-20)29-34(32,33)26-13-11-24(12-14-26)28-27(31)23-7-5-22(6-8-23)19-30-17-15-21(2)16-18-30/h3-14,21,29H,15-19H2,1-2H3,(H,28,31). The Morgan fingerprint density at radius 1 is 0.882 bits per heavy atom. The molecule has 1 aliphatic rings. The minimum Gasteiger partial charge on any atom is -0.322 e. The molecule has 0 radical (unpaired) electrons. The van der Waals surface area contributed by atoms with Crippen LogP contribution in [-0.4, -0.2) is 32.3 Å². The zero-order valence-corrected chi connectivity index (χ0v) is 20.4. The van der Waals surface area contributed by atoms with Crippen LogP contribution in [0.1, 0.15) is 41.3 Å². The van der Waals surface area contributed by atoms with Crippen molar-refractivity contribution in [1.82, 2.24) is 4.90 Å². The summed E-state index contributed by atoms with van der Waals surface area (Å²) >= 11 is 0. The van der Waals surface area contributed by atoms with Crippen LogP contribution in [0.2, 0.25) is 0 Å². The van der Waals surface area contributed by atoms with Gasteiger partial charge in [0.2, 0.25) is 0 Å². The number of nitrogens with zero attached hydrogens (tertiary/aromatic N) is 1. The molecule has 1 saturated heterocycles. The largest absolute Gasteiger partial charge is 0.322 e. The van der Waals surface area contributed by atoms with Gasteiger partial charge in [-0.1, -0.05) is 36.8 Å². The predicted molar refractivity (Wildman–Crippen MR) is 136 cm³/mol. The Balaban J connectivity index is 1.34. The first-order valence-corrected chi connectivity index (χ1v) is 13.1. The van der Waals surface area contributed by atoms with Gasteiger partial charge >= 0.3 is 0 Å². The first-order chi connectivity index (χ1) is 16.3. The van der Waals surface area contributed by atoms with Crippen LogP contribution in [0.25, 0.3) is 0 Å². The van der Waals surface area contributed by atoms with Crippen molar-refractivity contribution in [3.63, 3.8) is 0 Å². The van der Waals surface area contributed by atoms with Crippen LogP contribution in [-0.2, 0) is 16.6 Å². The number of rotatable bonds is 7. The van der Waals surface area contributed by atoms with Crippen molar-refractivity contribution in [1.29, 1.82) is 0 Å². The summed E-state index contributed by atoms with van der Waals surface area (Å²) in [4.78, 5) is 15.2. The number of carbonyl (C=O) groups excluding carboxylic acids is 1. The lowest BCUT2D eigenvalue weighted by Crippen LogP contribution is -2.32. The average molecular weight is 478 g/mol. The highest BCUT2D eigenvalue weighted by Gasteiger charge is 2.17. The quantitative estimate of drug-likeness (QED) is 0.485. The molecular formula is C27H31N3O3S. The molecule has 0 atom stereocenters. The number of likely N-dealkylation sites (tertiary alicyclic amines) is 1. The molecule has 3 aromatic carbocycles. The van der Waals surface area contributed by atoms with Crippen molar-refractivity contribution >= 4 is 27.3 Å². The van der Waals surface area contributed by atoms with Crippen LogP contribution in [0, 0.1) is 12.8 Å². The summed E-state index contributed by atoms with van der Waals surface area (Å²) in [5.74, 6) is 0.577. The van der Waals surface area contributed by atoms with Gasteiger partial charge in [-0.2, -0.15) is 0 Å². The molecule has 1 heterocycles. The van der Waals surface area contributed by atoms with E-state index in [4.69, 9.17) is 0 Å². The molecular weight excluding hydrogens is 446 g/mol. The second kappa shape index (κ2) is 10.4. The molecule has 178 valence electrons. The zero-order chi connectivity index (χ0) is 24.1. The van der Waals surface area contributed by atoms with Gasteiger partial charge in [0.15, 0.2) is 0 Å². The van der Waals surface area contributed by atoms with Crippen molar-refractivity contribution in [3.05, 3.63) is 89.5 Å². The van der Waals surface area contributed by atoms with Crippen molar-refractivity contribution < 1.29 is 13.2 Å². The normalized spacial score (nSPS) is 15.1. The summed E-state index contributed by atoms with van der Waals surface area (Å²) in [6.45, 7) is 7.39. The number of carbonyl (C=O) groups is 1. The maximum absolute atomic E-state index is 12.6. The molecule has 0 aromatic heterocycles. The van der Waals surface area contributed by atoms with Crippen LogP contribution >= 0.6 is 0 Å². The monoisotopic (exact) mass is 477 g/mol. The van der Waals surface area contributed by atoms with Gasteiger partial charge in [-0.15, -0.1) is 0 Å². The Hall–Kier alpha value is -3.16. The average Bonchev–Trinajstić information content (AvgIpc) is 2.83. The third kappa shape index (κ3) is 6.24. The molecule has 3 aromatic rings. The number of anilines is 2. The number of benzene rings is 3. The predicted octanol–water partition coefficient (Wildman–Crippen LogP) is 5.28. The minimum absolute atomic E-state index is 0.127. The summed E-state index contributed by atoms with van der Waals surface area (Å²) in [6.07, 6.45) is 2.48. The van der Waals surface area contributed by atoms with Crippen molar-refractivity contribution in [2.75, 3.05) is 23.1 Å². The Kier molecular flexibility index (Phi) is 7.34. The number of sulfonamides is 1. The molecule has 6 nitrogen and oxygen atoms in total. The number of piperidine rings is 1. The molecule has 1 aliphatic heterocycles. The van der Waals surface area contributed by atoms with Gasteiger partial charge < -0.3 is 5.32 Å². The van der Waals surface area contributed by atoms with E-state index in [-0.39, 0.29) is 10.8 Å². The lowest BCUT2D eigenvalue weighted by Gasteiger charge is -2.30. The van der Waals surface area contributed by atoms with E-state index in [1.807, 2.05) is 43.3 Å². The molecule has 0 unspecified atom stereocenters. The van der Waals surface area contributed by atoms with E-state index >= 15 is 0 Å². The highest BCUT2D eigenvalue weighted by atomic mass is 32.2. The van der Waals surface area contributed by atoms with E-state index < -0.39 is 10.0 Å². The first-order valence-electron chi connectivity index (χ1n) is 11.6. The number of nitrogens with one attached hydrogen (secondary N) is 2. The van der Waals surface area contributed by atoms with Crippen molar-refractivity contribution in [3.8, 4) is 0 Å². The van der Waals surface area contributed by atoms with Gasteiger partial charge in [-0.3, -0.25) is 14.4 Å². The number of hydrogen-bond donors (Lipinski definition) is 2. The molecule has 7 heteroatoms. The third-order valence-electron chi connectivity index (χ3n) is 6.22. The van der Waals surface area contributed by atoms with Crippen LogP contribution in [0.3, 0.4) is 0 Å². The molecule has 0 saturated carbocycles. The van der Waals surface area contributed by atoms with Gasteiger partial charge in [0.25, 0.3) is 15.9 Å². The van der Waals surface area contributed by atoms with Gasteiger partial charge in [0.1, 0.15) is 0 Å². The molecule has 0 spiro atoms. The summed E-state index contributed by atoms with van der Waals surface area (Å²) in [5, 5.41) is 2.83. The second-order valence-electron chi connectivity index (χ2n) is 9.11. The van der Waals surface area contributed by atoms with E-state index in [9.17, 15) is 13.2 Å². The number of aryl methyl sites for hydroxylation is 1. The zero-order valence-electron chi connectivity index (χ0n) is 19.6. The SMILES string of the molecule is Cc1ccc(NS(=O)(=O)c2ccc(NC(=O)c3ccc(CN4CCC(C)CC4)cc3)cc2)cc1. The summed E-state index contributed by atoms with van der Waals surface area (Å²) in [6, 6.07) is 20.9. The summed E-state index contributed by atoms with van der Waals surface area (Å²) < 4.78 is 27.8. The highest BCUT2D eigenvalue weighted by Crippen LogP contribution is 2.20. The lowest BCUT2D eigenvalue weighted by atomic mass is 9.99. The molecule has 1 fully saturated rings. The Bertz CT molecular complexity index is 1210. The van der Waals surface area contributed by atoms with E-state index in [1.165, 1.54) is 30.5 Å². The molecule has 2 N–H and O–H groups in total. The number of hydrogen-bond acceptors (Lipinski definition) is 4. The first kappa shape index (κ1) is 24.0. The van der Waals surface area contributed by atoms with Crippen LogP contribution in [0.5, 0.6) is 0 Å². The van der Waals surface area contributed by atoms with Gasteiger partial charge in [-0.25, -0.2) is 8.42 Å². The van der Waals surface area contributed by atoms with Crippen LogP contribution < -0.4 is 10.0 Å². The molecule has 0 bridgehead atoms. The Morgan fingerprint density at radius 2 is 1.47 bits per heavy atom. The smallest absolute Gasteiger partial charge is 0.261 e. The Morgan fingerprint density at radius 3 is 2.09 bits per heavy atom. The van der Waals surface area contributed by atoms with Crippen LogP contribution in [0.4, 0.5) is 11.4 Å². The number of amides is 1. The fourth-order valence-corrected chi connectivity index (χ4v) is 5.05. The van der Waals surface area contributed by atoms with Crippen molar-refractivity contribution in [2.45, 2.75) is 38.1 Å². The molecule has 0 aliphatic carbocycles. The lowest BCUT2D eigenvalue weighted by molar-refractivity contribution is 0.102. The highest BCUT2D eigenvalue weighted by molar-refractivity contribution is 7.92. The Labute approximate surface area is 202 Å². The van der Waals surface area contributed by atoms with E-state index in [0.29, 0.717) is 16.9 Å².